The molecular formula is C14H19N3O3. The van der Waals surface area contributed by atoms with Gasteiger partial charge in [-0.05, 0) is 37.1 Å². The summed E-state index contributed by atoms with van der Waals surface area (Å²) in [7, 11) is 0. The van der Waals surface area contributed by atoms with E-state index in [9.17, 15) is 9.59 Å². The number of nitrogens with two attached hydrogens (primary N) is 1. The van der Waals surface area contributed by atoms with Gasteiger partial charge in [-0.2, -0.15) is 0 Å². The number of benzene rings is 1. The Kier molecular flexibility index (Phi) is 4.95. The third-order valence-electron chi connectivity index (χ3n) is 3.12. The van der Waals surface area contributed by atoms with Gasteiger partial charge in [0, 0.05) is 6.54 Å². The van der Waals surface area contributed by atoms with Gasteiger partial charge in [0.25, 0.3) is 5.91 Å². The van der Waals surface area contributed by atoms with Gasteiger partial charge >= 0.3 is 0 Å². The zero-order valence-electron chi connectivity index (χ0n) is 11.2. The molecule has 0 aromatic heterocycles. The highest BCUT2D eigenvalue weighted by atomic mass is 16.5. The molecule has 1 unspecified atom stereocenters. The Morgan fingerprint density at radius 3 is 3.00 bits per heavy atom. The van der Waals surface area contributed by atoms with Crippen molar-refractivity contribution in [3.63, 3.8) is 0 Å². The summed E-state index contributed by atoms with van der Waals surface area (Å²) in [4.78, 5) is 22.5. The van der Waals surface area contributed by atoms with Crippen molar-refractivity contribution in [1.29, 1.82) is 0 Å². The minimum absolute atomic E-state index is 0.0194. The minimum Gasteiger partial charge on any atom is -0.484 e. The number of hydrogen-bond donors (Lipinski definition) is 3. The third kappa shape index (κ3) is 4.24. The fourth-order valence-corrected chi connectivity index (χ4v) is 2.12. The van der Waals surface area contributed by atoms with Gasteiger partial charge < -0.3 is 21.1 Å². The molecule has 1 fully saturated rings. The highest BCUT2D eigenvalue weighted by molar-refractivity contribution is 5.82. The second-order valence-electron chi connectivity index (χ2n) is 4.77. The van der Waals surface area contributed by atoms with Crippen molar-refractivity contribution in [3.8, 4) is 5.75 Å². The predicted molar refractivity (Wildman–Crippen MR) is 74.0 cm³/mol. The number of nitrogens with one attached hydrogen (secondary N) is 2. The van der Waals surface area contributed by atoms with E-state index >= 15 is 0 Å². The third-order valence-corrected chi connectivity index (χ3v) is 3.12. The van der Waals surface area contributed by atoms with Gasteiger partial charge in [-0.25, -0.2) is 0 Å². The minimum atomic E-state index is -0.518. The molecule has 1 atom stereocenters. The van der Waals surface area contributed by atoms with Crippen molar-refractivity contribution in [2.45, 2.75) is 25.4 Å². The molecule has 2 amide bonds. The number of hydrogen-bond acceptors (Lipinski definition) is 4. The maximum Gasteiger partial charge on any atom is 0.255 e. The largest absolute Gasteiger partial charge is 0.484 e. The molecule has 20 heavy (non-hydrogen) atoms. The Bertz CT molecular complexity index is 484. The Balaban J connectivity index is 1.84. The maximum atomic E-state index is 11.9. The molecule has 1 saturated heterocycles. The van der Waals surface area contributed by atoms with Crippen molar-refractivity contribution in [3.05, 3.63) is 29.8 Å². The van der Waals surface area contributed by atoms with Crippen LogP contribution in [0, 0.1) is 0 Å². The first-order valence-electron chi connectivity index (χ1n) is 6.66. The number of amides is 2. The quantitative estimate of drug-likeness (QED) is 0.678. The molecule has 108 valence electrons. The summed E-state index contributed by atoms with van der Waals surface area (Å²) in [5, 5.41) is 6.03. The maximum absolute atomic E-state index is 11.9. The topological polar surface area (TPSA) is 93.5 Å². The molecular weight excluding hydrogens is 258 g/mol. The monoisotopic (exact) mass is 277 g/mol. The number of ether oxygens (including phenoxy) is 1. The second kappa shape index (κ2) is 6.91. The molecule has 1 aromatic carbocycles. The summed E-state index contributed by atoms with van der Waals surface area (Å²) < 4.78 is 5.22. The van der Waals surface area contributed by atoms with E-state index < -0.39 is 5.91 Å². The van der Waals surface area contributed by atoms with Gasteiger partial charge in [0.05, 0.1) is 6.04 Å². The second-order valence-corrected chi connectivity index (χ2v) is 4.77. The molecule has 2 rings (SSSR count). The van der Waals surface area contributed by atoms with Crippen molar-refractivity contribution in [1.82, 2.24) is 10.6 Å². The fraction of sp³-hybridized carbons (Fsp3) is 0.429. The summed E-state index contributed by atoms with van der Waals surface area (Å²) >= 11 is 0. The number of primary amides is 1. The Morgan fingerprint density at radius 1 is 1.45 bits per heavy atom. The predicted octanol–water partition coefficient (Wildman–Crippen LogP) is -0.0811. The standard InChI is InChI=1S/C14H19N3O3/c15-13(18)9-20-11-4-1-3-10(7-11)8-17-14(19)12-5-2-6-16-12/h1,3-4,7,12,16H,2,5-6,8-9H2,(H2,15,18)(H,17,19). The molecule has 6 heteroatoms. The van der Waals surface area contributed by atoms with Crippen LogP contribution in [0.2, 0.25) is 0 Å². The molecule has 0 saturated carbocycles. The Morgan fingerprint density at radius 2 is 2.30 bits per heavy atom. The first-order valence-corrected chi connectivity index (χ1v) is 6.66. The molecule has 1 heterocycles. The van der Waals surface area contributed by atoms with Crippen molar-refractivity contribution < 1.29 is 14.3 Å². The average Bonchev–Trinajstić information content (AvgIpc) is 2.97. The lowest BCUT2D eigenvalue weighted by molar-refractivity contribution is -0.123. The van der Waals surface area contributed by atoms with Gasteiger partial charge in [0.15, 0.2) is 6.61 Å². The average molecular weight is 277 g/mol. The van der Waals surface area contributed by atoms with E-state index in [-0.39, 0.29) is 18.6 Å². The van der Waals surface area contributed by atoms with Crippen LogP contribution in [0.5, 0.6) is 5.75 Å². The van der Waals surface area contributed by atoms with E-state index in [1.807, 2.05) is 12.1 Å². The Hall–Kier alpha value is -2.08. The van der Waals surface area contributed by atoms with Gasteiger partial charge in [0.2, 0.25) is 5.91 Å². The fourth-order valence-electron chi connectivity index (χ4n) is 2.12. The van der Waals surface area contributed by atoms with Gasteiger partial charge in [0.1, 0.15) is 5.75 Å². The summed E-state index contributed by atoms with van der Waals surface area (Å²) in [6, 6.07) is 7.15. The number of carbonyl (C=O) groups excluding carboxylic acids is 2. The summed E-state index contributed by atoms with van der Waals surface area (Å²) in [5.74, 6) is 0.0662. The van der Waals surface area contributed by atoms with Crippen LogP contribution in [0.15, 0.2) is 24.3 Å². The van der Waals surface area contributed by atoms with Crippen LogP contribution >= 0.6 is 0 Å². The first-order chi connectivity index (χ1) is 9.65. The van der Waals surface area contributed by atoms with E-state index in [1.165, 1.54) is 0 Å². The summed E-state index contributed by atoms with van der Waals surface area (Å²) in [6.07, 6.45) is 1.92. The highest BCUT2D eigenvalue weighted by Crippen LogP contribution is 2.13. The van der Waals surface area contributed by atoms with Crippen LogP contribution in [0.3, 0.4) is 0 Å². The van der Waals surface area contributed by atoms with Gasteiger partial charge in [-0.15, -0.1) is 0 Å². The van der Waals surface area contributed by atoms with Crippen molar-refractivity contribution >= 4 is 11.8 Å². The van der Waals surface area contributed by atoms with Gasteiger partial charge in [-0.3, -0.25) is 9.59 Å². The van der Waals surface area contributed by atoms with E-state index in [1.54, 1.807) is 12.1 Å². The molecule has 1 aliphatic heterocycles. The molecule has 1 aromatic rings. The zero-order chi connectivity index (χ0) is 14.4. The van der Waals surface area contributed by atoms with Crippen molar-refractivity contribution in [2.24, 2.45) is 5.73 Å². The van der Waals surface area contributed by atoms with Gasteiger partial charge in [-0.1, -0.05) is 12.1 Å². The number of rotatable bonds is 6. The highest BCUT2D eigenvalue weighted by Gasteiger charge is 2.21. The molecule has 0 radical (unpaired) electrons. The first kappa shape index (κ1) is 14.3. The smallest absolute Gasteiger partial charge is 0.255 e. The van der Waals surface area contributed by atoms with Crippen LogP contribution in [0.4, 0.5) is 0 Å². The lowest BCUT2D eigenvalue weighted by Gasteiger charge is -2.11. The molecule has 0 bridgehead atoms. The summed E-state index contributed by atoms with van der Waals surface area (Å²) in [5.41, 5.74) is 5.93. The number of carbonyl (C=O) groups is 2. The molecule has 4 N–H and O–H groups in total. The van der Waals surface area contributed by atoms with Crippen LogP contribution in [0.1, 0.15) is 18.4 Å². The van der Waals surface area contributed by atoms with E-state index in [0.29, 0.717) is 12.3 Å². The molecule has 6 nitrogen and oxygen atoms in total. The van der Waals surface area contributed by atoms with Crippen LogP contribution < -0.4 is 21.1 Å². The molecule has 0 aliphatic carbocycles. The normalized spacial score (nSPS) is 17.7. The van der Waals surface area contributed by atoms with Crippen molar-refractivity contribution in [2.75, 3.05) is 13.2 Å². The van der Waals surface area contributed by atoms with E-state index in [0.717, 1.165) is 24.9 Å². The lowest BCUT2D eigenvalue weighted by atomic mass is 10.2. The lowest BCUT2D eigenvalue weighted by Crippen LogP contribution is -2.39. The van der Waals surface area contributed by atoms with Crippen LogP contribution in [-0.2, 0) is 16.1 Å². The molecule has 1 aliphatic rings. The Labute approximate surface area is 117 Å². The SMILES string of the molecule is NC(=O)COc1cccc(CNC(=O)C2CCCN2)c1. The van der Waals surface area contributed by atoms with E-state index in [2.05, 4.69) is 10.6 Å². The zero-order valence-corrected chi connectivity index (χ0v) is 11.2. The molecule has 0 spiro atoms. The van der Waals surface area contributed by atoms with Crippen LogP contribution in [-0.4, -0.2) is 31.0 Å². The van der Waals surface area contributed by atoms with Crippen LogP contribution in [0.25, 0.3) is 0 Å². The summed E-state index contributed by atoms with van der Waals surface area (Å²) in [6.45, 7) is 1.18. The van der Waals surface area contributed by atoms with E-state index in [4.69, 9.17) is 10.5 Å².